The highest BCUT2D eigenvalue weighted by Gasteiger charge is 2.38. The zero-order valence-electron chi connectivity index (χ0n) is 11.9. The van der Waals surface area contributed by atoms with Crippen molar-refractivity contribution in [1.82, 2.24) is 10.2 Å². The quantitative estimate of drug-likeness (QED) is 0.738. The summed E-state index contributed by atoms with van der Waals surface area (Å²) in [5, 5.41) is 3.76. The van der Waals surface area contributed by atoms with Crippen LogP contribution in [-0.2, 0) is 0 Å². The predicted octanol–water partition coefficient (Wildman–Crippen LogP) is 2.64. The Morgan fingerprint density at radius 2 is 2.00 bits per heavy atom. The standard InChI is InChI=1S/C15H28N2/c1-6-13(7-2)17-12-15(9-4,10-5)16-11-14(17)8-3/h1,13-14,16H,7-12H2,2-5H3. The Hall–Kier alpha value is -0.520. The van der Waals surface area contributed by atoms with Crippen molar-refractivity contribution in [2.24, 2.45) is 0 Å². The lowest BCUT2D eigenvalue weighted by Gasteiger charge is -2.49. The van der Waals surface area contributed by atoms with Crippen LogP contribution in [0.25, 0.3) is 0 Å². The molecule has 0 aromatic rings. The van der Waals surface area contributed by atoms with E-state index >= 15 is 0 Å². The van der Waals surface area contributed by atoms with Crippen molar-refractivity contribution >= 4 is 0 Å². The first-order chi connectivity index (χ1) is 8.16. The zero-order valence-corrected chi connectivity index (χ0v) is 11.9. The van der Waals surface area contributed by atoms with Crippen LogP contribution in [0.1, 0.15) is 53.4 Å². The molecule has 1 heterocycles. The summed E-state index contributed by atoms with van der Waals surface area (Å²) in [6.07, 6.45) is 10.3. The minimum atomic E-state index is 0.274. The van der Waals surface area contributed by atoms with Gasteiger partial charge >= 0.3 is 0 Å². The van der Waals surface area contributed by atoms with Crippen LogP contribution in [0.4, 0.5) is 0 Å². The van der Waals surface area contributed by atoms with Gasteiger partial charge in [-0.2, -0.15) is 0 Å². The van der Waals surface area contributed by atoms with Crippen LogP contribution in [-0.4, -0.2) is 35.6 Å². The Morgan fingerprint density at radius 3 is 2.41 bits per heavy atom. The smallest absolute Gasteiger partial charge is 0.0712 e. The lowest BCUT2D eigenvalue weighted by atomic mass is 9.87. The largest absolute Gasteiger partial charge is 0.308 e. The van der Waals surface area contributed by atoms with Gasteiger partial charge in [0, 0.05) is 24.7 Å². The first kappa shape index (κ1) is 14.5. The summed E-state index contributed by atoms with van der Waals surface area (Å²) in [5.74, 6) is 2.97. The van der Waals surface area contributed by atoms with E-state index in [1.165, 1.54) is 19.3 Å². The summed E-state index contributed by atoms with van der Waals surface area (Å²) in [6.45, 7) is 11.2. The second kappa shape index (κ2) is 6.42. The molecule has 0 amide bonds. The van der Waals surface area contributed by atoms with Crippen molar-refractivity contribution in [2.75, 3.05) is 13.1 Å². The van der Waals surface area contributed by atoms with Crippen molar-refractivity contribution in [3.05, 3.63) is 0 Å². The van der Waals surface area contributed by atoms with E-state index in [0.717, 1.165) is 19.5 Å². The molecule has 0 aromatic heterocycles. The molecule has 2 atom stereocenters. The van der Waals surface area contributed by atoms with Crippen LogP contribution < -0.4 is 5.32 Å². The molecule has 2 nitrogen and oxygen atoms in total. The molecule has 1 aliphatic heterocycles. The Morgan fingerprint density at radius 1 is 1.35 bits per heavy atom. The number of hydrogen-bond donors (Lipinski definition) is 1. The number of nitrogens with one attached hydrogen (secondary N) is 1. The third-order valence-electron chi connectivity index (χ3n) is 4.47. The minimum absolute atomic E-state index is 0.274. The molecule has 0 aromatic carbocycles. The van der Waals surface area contributed by atoms with E-state index < -0.39 is 0 Å². The Labute approximate surface area is 107 Å². The van der Waals surface area contributed by atoms with Gasteiger partial charge in [-0.15, -0.1) is 6.42 Å². The van der Waals surface area contributed by atoms with Crippen LogP contribution in [0, 0.1) is 12.3 Å². The van der Waals surface area contributed by atoms with Gasteiger partial charge in [0.15, 0.2) is 0 Å². The third kappa shape index (κ3) is 3.03. The normalized spacial score (nSPS) is 26.4. The summed E-state index contributed by atoms with van der Waals surface area (Å²) >= 11 is 0. The molecule has 1 aliphatic rings. The average Bonchev–Trinajstić information content (AvgIpc) is 2.40. The van der Waals surface area contributed by atoms with E-state index in [1.807, 2.05) is 0 Å². The van der Waals surface area contributed by atoms with Crippen molar-refractivity contribution in [2.45, 2.75) is 71.0 Å². The van der Waals surface area contributed by atoms with Crippen LogP contribution in [0.2, 0.25) is 0 Å². The van der Waals surface area contributed by atoms with E-state index in [0.29, 0.717) is 12.1 Å². The molecule has 0 bridgehead atoms. The Kier molecular flexibility index (Phi) is 5.49. The first-order valence-corrected chi connectivity index (χ1v) is 7.13. The molecule has 98 valence electrons. The number of piperazine rings is 1. The lowest BCUT2D eigenvalue weighted by molar-refractivity contribution is 0.0512. The van der Waals surface area contributed by atoms with Crippen molar-refractivity contribution in [3.63, 3.8) is 0 Å². The average molecular weight is 236 g/mol. The van der Waals surface area contributed by atoms with Gasteiger partial charge in [-0.25, -0.2) is 0 Å². The summed E-state index contributed by atoms with van der Waals surface area (Å²) in [4.78, 5) is 2.56. The van der Waals surface area contributed by atoms with Gasteiger partial charge in [0.2, 0.25) is 0 Å². The predicted molar refractivity (Wildman–Crippen MR) is 75.0 cm³/mol. The number of nitrogens with zero attached hydrogens (tertiary/aromatic N) is 1. The van der Waals surface area contributed by atoms with Gasteiger partial charge in [0.1, 0.15) is 0 Å². The molecule has 1 fully saturated rings. The van der Waals surface area contributed by atoms with Gasteiger partial charge in [-0.1, -0.05) is 33.6 Å². The maximum absolute atomic E-state index is 5.69. The fourth-order valence-corrected chi connectivity index (χ4v) is 2.90. The summed E-state index contributed by atoms with van der Waals surface area (Å²) in [5.41, 5.74) is 0.274. The second-order valence-electron chi connectivity index (χ2n) is 5.19. The fourth-order valence-electron chi connectivity index (χ4n) is 2.90. The molecule has 1 rings (SSSR count). The summed E-state index contributed by atoms with van der Waals surface area (Å²) in [7, 11) is 0. The molecule has 0 saturated carbocycles. The topological polar surface area (TPSA) is 15.3 Å². The fraction of sp³-hybridized carbons (Fsp3) is 0.867. The van der Waals surface area contributed by atoms with E-state index in [2.05, 4.69) is 43.8 Å². The number of hydrogen-bond acceptors (Lipinski definition) is 2. The molecule has 0 radical (unpaired) electrons. The van der Waals surface area contributed by atoms with Gasteiger partial charge in [0.25, 0.3) is 0 Å². The van der Waals surface area contributed by atoms with Crippen LogP contribution in [0.3, 0.4) is 0 Å². The highest BCUT2D eigenvalue weighted by Crippen LogP contribution is 2.26. The molecule has 0 spiro atoms. The van der Waals surface area contributed by atoms with E-state index in [1.54, 1.807) is 0 Å². The van der Waals surface area contributed by atoms with Crippen LogP contribution in [0.15, 0.2) is 0 Å². The molecular weight excluding hydrogens is 208 g/mol. The molecule has 0 aliphatic carbocycles. The third-order valence-corrected chi connectivity index (χ3v) is 4.47. The molecule has 2 unspecified atom stereocenters. The number of terminal acetylenes is 1. The summed E-state index contributed by atoms with van der Waals surface area (Å²) < 4.78 is 0. The van der Waals surface area contributed by atoms with E-state index in [9.17, 15) is 0 Å². The highest BCUT2D eigenvalue weighted by atomic mass is 15.3. The Balaban J connectivity index is 2.85. The molecular formula is C15H28N2. The zero-order chi connectivity index (χ0) is 12.9. The monoisotopic (exact) mass is 236 g/mol. The maximum atomic E-state index is 5.69. The Bertz CT molecular complexity index is 263. The van der Waals surface area contributed by atoms with Gasteiger partial charge in [0.05, 0.1) is 6.04 Å². The molecule has 17 heavy (non-hydrogen) atoms. The second-order valence-corrected chi connectivity index (χ2v) is 5.19. The highest BCUT2D eigenvalue weighted by molar-refractivity contribution is 5.06. The molecule has 1 saturated heterocycles. The maximum Gasteiger partial charge on any atom is 0.0712 e. The van der Waals surface area contributed by atoms with Gasteiger partial charge in [-0.3, -0.25) is 4.90 Å². The van der Waals surface area contributed by atoms with Crippen LogP contribution >= 0.6 is 0 Å². The van der Waals surface area contributed by atoms with Gasteiger partial charge in [-0.05, 0) is 25.7 Å². The van der Waals surface area contributed by atoms with Crippen molar-refractivity contribution in [3.8, 4) is 12.3 Å². The summed E-state index contributed by atoms with van der Waals surface area (Å²) in [6, 6.07) is 0.904. The molecule has 2 heteroatoms. The van der Waals surface area contributed by atoms with E-state index in [-0.39, 0.29) is 5.54 Å². The molecule has 1 N–H and O–H groups in total. The lowest BCUT2D eigenvalue weighted by Crippen LogP contribution is -2.65. The van der Waals surface area contributed by atoms with Crippen molar-refractivity contribution in [1.29, 1.82) is 0 Å². The SMILES string of the molecule is C#CC(CC)N1CC(CC)(CC)NCC1CC. The minimum Gasteiger partial charge on any atom is -0.308 e. The van der Waals surface area contributed by atoms with Gasteiger partial charge < -0.3 is 5.32 Å². The van der Waals surface area contributed by atoms with Crippen molar-refractivity contribution < 1.29 is 0 Å². The van der Waals surface area contributed by atoms with E-state index in [4.69, 9.17) is 6.42 Å². The van der Waals surface area contributed by atoms with Crippen LogP contribution in [0.5, 0.6) is 0 Å². The first-order valence-electron chi connectivity index (χ1n) is 7.13. The number of rotatable bonds is 5.